The van der Waals surface area contributed by atoms with E-state index in [2.05, 4.69) is 0 Å². The fourth-order valence-electron chi connectivity index (χ4n) is 3.25. The molecule has 6 heteroatoms. The molecule has 0 aliphatic heterocycles. The minimum atomic E-state index is -0.411. The lowest BCUT2D eigenvalue weighted by atomic mass is 10.1. The SMILES string of the molecule is CCOC(=O)c1c2ccc(OCc3c(F)cccc3Cl)cc2n2ccccc12. The molecule has 0 atom stereocenters. The molecule has 2 aromatic heterocycles. The average Bonchev–Trinajstić information content (AvgIpc) is 3.02. The summed E-state index contributed by atoms with van der Waals surface area (Å²) in [5.74, 6) is -0.232. The molecule has 4 rings (SSSR count). The molecule has 0 unspecified atom stereocenters. The summed E-state index contributed by atoms with van der Waals surface area (Å²) in [6, 6.07) is 15.5. The molecule has 0 spiro atoms. The van der Waals surface area contributed by atoms with Crippen LogP contribution < -0.4 is 4.74 Å². The number of esters is 1. The molecule has 0 aliphatic rings. The van der Waals surface area contributed by atoms with Crippen LogP contribution >= 0.6 is 11.6 Å². The maximum Gasteiger partial charge on any atom is 0.340 e. The lowest BCUT2D eigenvalue weighted by Crippen LogP contribution is -2.04. The molecule has 2 aromatic carbocycles. The number of rotatable bonds is 5. The molecule has 142 valence electrons. The van der Waals surface area contributed by atoms with Crippen LogP contribution in [0.3, 0.4) is 0 Å². The number of halogens is 2. The van der Waals surface area contributed by atoms with Crippen LogP contribution in [0.15, 0.2) is 60.8 Å². The number of hydrogen-bond donors (Lipinski definition) is 0. The zero-order valence-electron chi connectivity index (χ0n) is 15.1. The van der Waals surface area contributed by atoms with E-state index in [0.29, 0.717) is 28.5 Å². The lowest BCUT2D eigenvalue weighted by Gasteiger charge is -2.09. The van der Waals surface area contributed by atoms with Crippen LogP contribution in [-0.2, 0) is 11.3 Å². The van der Waals surface area contributed by atoms with E-state index >= 15 is 0 Å². The Morgan fingerprint density at radius 2 is 1.96 bits per heavy atom. The Morgan fingerprint density at radius 1 is 1.11 bits per heavy atom. The molecule has 4 aromatic rings. The van der Waals surface area contributed by atoms with E-state index in [1.807, 2.05) is 40.9 Å². The van der Waals surface area contributed by atoms with Crippen LogP contribution in [0.25, 0.3) is 16.4 Å². The zero-order chi connectivity index (χ0) is 19.7. The average molecular weight is 398 g/mol. The molecule has 0 bridgehead atoms. The summed E-state index contributed by atoms with van der Waals surface area (Å²) in [5, 5.41) is 1.08. The van der Waals surface area contributed by atoms with Crippen LogP contribution in [0.1, 0.15) is 22.8 Å². The van der Waals surface area contributed by atoms with Gasteiger partial charge in [-0.25, -0.2) is 9.18 Å². The highest BCUT2D eigenvalue weighted by atomic mass is 35.5. The second-order valence-electron chi connectivity index (χ2n) is 6.22. The second kappa shape index (κ2) is 7.52. The number of ether oxygens (including phenoxy) is 2. The molecule has 0 saturated carbocycles. The highest BCUT2D eigenvalue weighted by Crippen LogP contribution is 2.31. The first-order valence-corrected chi connectivity index (χ1v) is 9.23. The van der Waals surface area contributed by atoms with Gasteiger partial charge in [-0.2, -0.15) is 0 Å². The van der Waals surface area contributed by atoms with Crippen LogP contribution in [-0.4, -0.2) is 17.0 Å². The third-order valence-electron chi connectivity index (χ3n) is 4.54. The first-order chi connectivity index (χ1) is 13.6. The maximum absolute atomic E-state index is 14.0. The van der Waals surface area contributed by atoms with Gasteiger partial charge in [0.05, 0.1) is 28.2 Å². The number of carbonyl (C=O) groups excluding carboxylic acids is 1. The largest absolute Gasteiger partial charge is 0.489 e. The summed E-state index contributed by atoms with van der Waals surface area (Å²) in [6.45, 7) is 2.08. The van der Waals surface area contributed by atoms with Crippen molar-refractivity contribution in [3.63, 3.8) is 0 Å². The van der Waals surface area contributed by atoms with Gasteiger partial charge in [0.1, 0.15) is 18.2 Å². The predicted molar refractivity (Wildman–Crippen MR) is 107 cm³/mol. The van der Waals surface area contributed by atoms with Gasteiger partial charge >= 0.3 is 5.97 Å². The maximum atomic E-state index is 14.0. The molecule has 4 nitrogen and oxygen atoms in total. The molecule has 0 aliphatic carbocycles. The predicted octanol–water partition coefficient (Wildman–Crippen LogP) is 5.64. The first-order valence-electron chi connectivity index (χ1n) is 8.85. The molecule has 28 heavy (non-hydrogen) atoms. The zero-order valence-corrected chi connectivity index (χ0v) is 15.9. The summed E-state index contributed by atoms with van der Waals surface area (Å²) in [6.07, 6.45) is 1.87. The number of aromatic nitrogens is 1. The number of fused-ring (bicyclic) bond motifs is 3. The number of nitrogens with zero attached hydrogens (tertiary/aromatic N) is 1. The highest BCUT2D eigenvalue weighted by molar-refractivity contribution is 6.31. The van der Waals surface area contributed by atoms with Gasteiger partial charge in [-0.15, -0.1) is 0 Å². The minimum Gasteiger partial charge on any atom is -0.489 e. The van der Waals surface area contributed by atoms with E-state index in [-0.39, 0.29) is 12.6 Å². The Balaban J connectivity index is 1.75. The van der Waals surface area contributed by atoms with Gasteiger partial charge in [0.25, 0.3) is 0 Å². The molecule has 2 heterocycles. The van der Waals surface area contributed by atoms with Crippen molar-refractivity contribution in [1.29, 1.82) is 0 Å². The Labute approximate surface area is 166 Å². The summed E-state index contributed by atoms with van der Waals surface area (Å²) in [7, 11) is 0. The van der Waals surface area contributed by atoms with Crippen molar-refractivity contribution in [2.45, 2.75) is 13.5 Å². The smallest absolute Gasteiger partial charge is 0.340 e. The van der Waals surface area contributed by atoms with Gasteiger partial charge in [0.2, 0.25) is 0 Å². The Morgan fingerprint density at radius 3 is 2.75 bits per heavy atom. The molecular formula is C22H17ClFNO3. The van der Waals surface area contributed by atoms with E-state index in [1.54, 1.807) is 25.1 Å². The van der Waals surface area contributed by atoms with Gasteiger partial charge in [-0.05, 0) is 43.3 Å². The van der Waals surface area contributed by atoms with E-state index in [0.717, 1.165) is 16.4 Å². The monoisotopic (exact) mass is 397 g/mol. The summed E-state index contributed by atoms with van der Waals surface area (Å²) in [5.41, 5.74) is 2.37. The Hall–Kier alpha value is -3.05. The number of hydrogen-bond acceptors (Lipinski definition) is 3. The van der Waals surface area contributed by atoms with E-state index in [9.17, 15) is 9.18 Å². The normalized spacial score (nSPS) is 11.1. The first kappa shape index (κ1) is 18.3. The molecule has 0 N–H and O–H groups in total. The molecule has 0 radical (unpaired) electrons. The third kappa shape index (κ3) is 3.18. The summed E-state index contributed by atoms with van der Waals surface area (Å²) >= 11 is 6.06. The molecular weight excluding hydrogens is 381 g/mol. The second-order valence-corrected chi connectivity index (χ2v) is 6.63. The topological polar surface area (TPSA) is 39.9 Å². The van der Waals surface area contributed by atoms with E-state index < -0.39 is 5.82 Å². The number of benzene rings is 2. The summed E-state index contributed by atoms with van der Waals surface area (Å²) < 4.78 is 26.9. The van der Waals surface area contributed by atoms with Crippen molar-refractivity contribution in [1.82, 2.24) is 4.40 Å². The fraction of sp³-hybridized carbons (Fsp3) is 0.136. The van der Waals surface area contributed by atoms with E-state index in [4.69, 9.17) is 21.1 Å². The number of pyridine rings is 1. The van der Waals surface area contributed by atoms with Crippen LogP contribution in [0.2, 0.25) is 5.02 Å². The Bertz CT molecular complexity index is 1170. The van der Waals surface area contributed by atoms with Crippen molar-refractivity contribution in [2.24, 2.45) is 0 Å². The molecule has 0 fully saturated rings. The van der Waals surface area contributed by atoms with Crippen molar-refractivity contribution >= 4 is 34.0 Å². The highest BCUT2D eigenvalue weighted by Gasteiger charge is 2.19. The lowest BCUT2D eigenvalue weighted by molar-refractivity contribution is 0.0531. The van der Waals surface area contributed by atoms with Crippen LogP contribution in [0.4, 0.5) is 4.39 Å². The van der Waals surface area contributed by atoms with Crippen molar-refractivity contribution in [2.75, 3.05) is 6.61 Å². The number of carbonyl (C=O) groups is 1. The van der Waals surface area contributed by atoms with Crippen LogP contribution in [0, 0.1) is 5.82 Å². The summed E-state index contributed by atoms with van der Waals surface area (Å²) in [4.78, 5) is 12.5. The minimum absolute atomic E-state index is 0.00501. The van der Waals surface area contributed by atoms with Gasteiger partial charge in [0.15, 0.2) is 0 Å². The van der Waals surface area contributed by atoms with Gasteiger partial charge in [-0.3, -0.25) is 0 Å². The van der Waals surface area contributed by atoms with Crippen molar-refractivity contribution in [3.8, 4) is 5.75 Å². The van der Waals surface area contributed by atoms with Gasteiger partial charge in [-0.1, -0.05) is 23.7 Å². The fourth-order valence-corrected chi connectivity index (χ4v) is 3.47. The molecule has 0 amide bonds. The van der Waals surface area contributed by atoms with Crippen molar-refractivity contribution < 1.29 is 18.7 Å². The Kier molecular flexibility index (Phi) is 4.92. The standard InChI is InChI=1S/C22H17ClFNO3/c1-2-27-22(26)21-15-10-9-14(12-20(15)25-11-4-3-8-19(21)25)28-13-16-17(23)6-5-7-18(16)24/h3-12H,2,13H2,1H3. The molecule has 0 saturated heterocycles. The van der Waals surface area contributed by atoms with Gasteiger partial charge < -0.3 is 13.9 Å². The quantitative estimate of drug-likeness (QED) is 0.409. The van der Waals surface area contributed by atoms with Crippen LogP contribution in [0.5, 0.6) is 5.75 Å². The van der Waals surface area contributed by atoms with Gasteiger partial charge in [0, 0.05) is 23.2 Å². The van der Waals surface area contributed by atoms with Crippen molar-refractivity contribution in [3.05, 3.63) is 82.8 Å². The van der Waals surface area contributed by atoms with E-state index in [1.165, 1.54) is 6.07 Å². The third-order valence-corrected chi connectivity index (χ3v) is 4.89.